The van der Waals surface area contributed by atoms with Crippen LogP contribution < -0.4 is 4.72 Å². The molecule has 2 aromatic rings. The molecule has 0 amide bonds. The van der Waals surface area contributed by atoms with Crippen molar-refractivity contribution < 1.29 is 18.6 Å². The number of aliphatic hydroxyl groups is 2. The summed E-state index contributed by atoms with van der Waals surface area (Å²) in [7, 11) is -3.90. The smallest absolute Gasteiger partial charge is 0.240 e. The van der Waals surface area contributed by atoms with Crippen molar-refractivity contribution >= 4 is 10.0 Å². The van der Waals surface area contributed by atoms with Crippen molar-refractivity contribution in [3.05, 3.63) is 65.7 Å². The van der Waals surface area contributed by atoms with E-state index in [1.54, 1.807) is 0 Å². The second-order valence-electron chi connectivity index (χ2n) is 6.09. The maximum Gasteiger partial charge on any atom is 0.240 e. The number of hydrogen-bond acceptors (Lipinski definition) is 5. The van der Waals surface area contributed by atoms with Crippen molar-refractivity contribution in [1.82, 2.24) is 4.72 Å². The normalized spacial score (nSPS) is 26.3. The van der Waals surface area contributed by atoms with Crippen LogP contribution in [0.4, 0.5) is 0 Å². The zero-order valence-corrected chi connectivity index (χ0v) is 14.1. The highest BCUT2D eigenvalue weighted by molar-refractivity contribution is 7.89. The van der Waals surface area contributed by atoms with Gasteiger partial charge in [0.05, 0.1) is 34.8 Å². The van der Waals surface area contributed by atoms with Gasteiger partial charge in [0.25, 0.3) is 0 Å². The van der Waals surface area contributed by atoms with E-state index in [0.717, 1.165) is 5.56 Å². The molecule has 0 saturated heterocycles. The fraction of sp³-hybridized carbons (Fsp3) is 0.278. The van der Waals surface area contributed by atoms with Crippen LogP contribution >= 0.6 is 0 Å². The van der Waals surface area contributed by atoms with E-state index in [1.165, 1.54) is 24.3 Å². The number of nitrogens with zero attached hydrogens (tertiary/aromatic N) is 1. The third-order valence-electron chi connectivity index (χ3n) is 4.50. The molecule has 0 aliphatic heterocycles. The topological polar surface area (TPSA) is 110 Å². The summed E-state index contributed by atoms with van der Waals surface area (Å²) in [4.78, 5) is 0.00639. The quantitative estimate of drug-likeness (QED) is 0.758. The fourth-order valence-electron chi connectivity index (χ4n) is 3.17. The van der Waals surface area contributed by atoms with Gasteiger partial charge in [-0.25, -0.2) is 13.1 Å². The maximum atomic E-state index is 12.6. The van der Waals surface area contributed by atoms with Gasteiger partial charge in [0, 0.05) is 5.92 Å². The summed E-state index contributed by atoms with van der Waals surface area (Å²) in [6.07, 6.45) is -1.93. The highest BCUT2D eigenvalue weighted by atomic mass is 32.2. The third-order valence-corrected chi connectivity index (χ3v) is 5.98. The number of rotatable bonds is 4. The van der Waals surface area contributed by atoms with Gasteiger partial charge in [0.1, 0.15) is 0 Å². The number of nitrogens with one attached hydrogen (secondary N) is 1. The molecule has 1 aliphatic rings. The Balaban J connectivity index is 1.89. The minimum atomic E-state index is -3.90. The predicted octanol–water partition coefficient (Wildman–Crippen LogP) is 1.11. The number of nitriles is 1. The van der Waals surface area contributed by atoms with Gasteiger partial charge < -0.3 is 10.2 Å². The summed E-state index contributed by atoms with van der Waals surface area (Å²) in [5, 5.41) is 29.1. The molecule has 7 heteroatoms. The van der Waals surface area contributed by atoms with Gasteiger partial charge >= 0.3 is 0 Å². The second-order valence-corrected chi connectivity index (χ2v) is 7.81. The van der Waals surface area contributed by atoms with Gasteiger partial charge in [-0.15, -0.1) is 0 Å². The van der Waals surface area contributed by atoms with Crippen LogP contribution in [0.5, 0.6) is 0 Å². The maximum absolute atomic E-state index is 12.6. The summed E-state index contributed by atoms with van der Waals surface area (Å²) in [5.74, 6) is -0.334. The van der Waals surface area contributed by atoms with Crippen LogP contribution in [0.2, 0.25) is 0 Å². The lowest BCUT2D eigenvalue weighted by atomic mass is 9.94. The molecule has 0 heterocycles. The van der Waals surface area contributed by atoms with Crippen LogP contribution in [0.3, 0.4) is 0 Å². The van der Waals surface area contributed by atoms with Crippen LogP contribution in [-0.2, 0) is 10.0 Å². The fourth-order valence-corrected chi connectivity index (χ4v) is 4.47. The largest absolute Gasteiger partial charge is 0.390 e. The van der Waals surface area contributed by atoms with Crippen LogP contribution in [0, 0.1) is 11.3 Å². The Kier molecular flexibility index (Phi) is 4.88. The summed E-state index contributed by atoms with van der Waals surface area (Å²) in [6, 6.07) is 15.8. The molecule has 0 bridgehead atoms. The van der Waals surface area contributed by atoms with Gasteiger partial charge in [-0.3, -0.25) is 0 Å². The molecule has 130 valence electrons. The van der Waals surface area contributed by atoms with Crippen molar-refractivity contribution in [2.45, 2.75) is 35.5 Å². The number of benzene rings is 2. The van der Waals surface area contributed by atoms with Crippen LogP contribution in [0.25, 0.3) is 0 Å². The van der Waals surface area contributed by atoms with Crippen LogP contribution in [-0.4, -0.2) is 36.9 Å². The van der Waals surface area contributed by atoms with E-state index in [0.29, 0.717) is 5.56 Å². The average Bonchev–Trinajstić information content (AvgIpc) is 2.90. The number of sulfonamides is 1. The van der Waals surface area contributed by atoms with E-state index >= 15 is 0 Å². The van der Waals surface area contributed by atoms with Gasteiger partial charge in [0.15, 0.2) is 0 Å². The Bertz CT molecular complexity index is 876. The Morgan fingerprint density at radius 2 is 1.68 bits per heavy atom. The lowest BCUT2D eigenvalue weighted by molar-refractivity contribution is 0.0338. The second kappa shape index (κ2) is 6.94. The van der Waals surface area contributed by atoms with E-state index in [2.05, 4.69) is 4.72 Å². The SMILES string of the molecule is N#Cc1ccc(S(=O)(=O)N[C@H]2[C@H](O)[C@H](O)C[C@@H]2c2ccccc2)cc1. The van der Waals surface area contributed by atoms with Gasteiger partial charge in [0.2, 0.25) is 10.0 Å². The van der Waals surface area contributed by atoms with Crippen molar-refractivity contribution in [2.75, 3.05) is 0 Å². The Morgan fingerprint density at radius 1 is 1.04 bits per heavy atom. The molecular weight excluding hydrogens is 340 g/mol. The van der Waals surface area contributed by atoms with Crippen LogP contribution in [0.15, 0.2) is 59.5 Å². The van der Waals surface area contributed by atoms with Gasteiger partial charge in [-0.05, 0) is 36.2 Å². The predicted molar refractivity (Wildman–Crippen MR) is 91.1 cm³/mol. The molecule has 4 atom stereocenters. The lowest BCUT2D eigenvalue weighted by Crippen LogP contribution is -2.45. The molecule has 6 nitrogen and oxygen atoms in total. The Labute approximate surface area is 146 Å². The molecule has 0 unspecified atom stereocenters. The highest BCUT2D eigenvalue weighted by Gasteiger charge is 2.44. The minimum absolute atomic E-state index is 0.00639. The molecule has 0 radical (unpaired) electrons. The summed E-state index contributed by atoms with van der Waals surface area (Å²) in [6.45, 7) is 0. The Hall–Kier alpha value is -2.24. The average molecular weight is 358 g/mol. The van der Waals surface area contributed by atoms with Gasteiger partial charge in [-0.2, -0.15) is 5.26 Å². The molecule has 1 aliphatic carbocycles. The van der Waals surface area contributed by atoms with Crippen LogP contribution in [0.1, 0.15) is 23.5 Å². The Morgan fingerprint density at radius 3 is 2.28 bits per heavy atom. The summed E-state index contributed by atoms with van der Waals surface area (Å²) >= 11 is 0. The number of aliphatic hydroxyl groups excluding tert-OH is 2. The van der Waals surface area contributed by atoms with Crippen molar-refractivity contribution in [3.63, 3.8) is 0 Å². The van der Waals surface area contributed by atoms with Crippen molar-refractivity contribution in [3.8, 4) is 6.07 Å². The highest BCUT2D eigenvalue weighted by Crippen LogP contribution is 2.36. The first-order chi connectivity index (χ1) is 11.9. The van der Waals surface area contributed by atoms with Gasteiger partial charge in [-0.1, -0.05) is 30.3 Å². The molecule has 1 saturated carbocycles. The van der Waals surface area contributed by atoms with E-state index in [9.17, 15) is 18.6 Å². The first-order valence-electron chi connectivity index (χ1n) is 7.86. The van der Waals surface area contributed by atoms with Crippen molar-refractivity contribution in [1.29, 1.82) is 5.26 Å². The molecule has 0 spiro atoms. The zero-order chi connectivity index (χ0) is 18.0. The van der Waals surface area contributed by atoms with E-state index in [-0.39, 0.29) is 17.2 Å². The first-order valence-corrected chi connectivity index (χ1v) is 9.34. The molecule has 3 rings (SSSR count). The standard InChI is InChI=1S/C18H18N2O4S/c19-11-12-6-8-14(9-7-12)25(23,24)20-17-15(10-16(21)18(17)22)13-4-2-1-3-5-13/h1-9,15-18,20-22H,10H2/t15-,16-,17-,18-/m1/s1. The monoisotopic (exact) mass is 358 g/mol. The lowest BCUT2D eigenvalue weighted by Gasteiger charge is -2.23. The van der Waals surface area contributed by atoms with E-state index in [4.69, 9.17) is 5.26 Å². The summed E-state index contributed by atoms with van der Waals surface area (Å²) in [5.41, 5.74) is 1.21. The van der Waals surface area contributed by atoms with E-state index in [1.807, 2.05) is 36.4 Å². The molecule has 2 aromatic carbocycles. The number of hydrogen-bond donors (Lipinski definition) is 3. The molecule has 1 fully saturated rings. The first kappa shape index (κ1) is 17.6. The van der Waals surface area contributed by atoms with Crippen molar-refractivity contribution in [2.24, 2.45) is 0 Å². The minimum Gasteiger partial charge on any atom is -0.390 e. The molecule has 0 aromatic heterocycles. The zero-order valence-electron chi connectivity index (χ0n) is 13.3. The van der Waals surface area contributed by atoms with E-state index < -0.39 is 28.3 Å². The summed E-state index contributed by atoms with van der Waals surface area (Å²) < 4.78 is 27.8. The molecular formula is C18H18N2O4S. The molecule has 25 heavy (non-hydrogen) atoms. The third kappa shape index (κ3) is 3.57. The molecule has 3 N–H and O–H groups in total.